The Bertz CT molecular complexity index is 1210. The zero-order valence-corrected chi connectivity index (χ0v) is 18.6. The summed E-state index contributed by atoms with van der Waals surface area (Å²) in [6.07, 6.45) is -3.01. The zero-order chi connectivity index (χ0) is 23.0. The summed E-state index contributed by atoms with van der Waals surface area (Å²) in [6.45, 7) is 0. The van der Waals surface area contributed by atoms with E-state index in [9.17, 15) is 18.0 Å². The quantitative estimate of drug-likeness (QED) is 0.321. The smallest absolute Gasteiger partial charge is 0.417 e. The van der Waals surface area contributed by atoms with Gasteiger partial charge >= 0.3 is 6.18 Å². The fourth-order valence-electron chi connectivity index (χ4n) is 3.24. The number of benzene rings is 2. The first-order valence-electron chi connectivity index (χ1n) is 9.47. The highest BCUT2D eigenvalue weighted by Gasteiger charge is 2.35. The minimum atomic E-state index is -4.51. The Kier molecular flexibility index (Phi) is 5.87. The van der Waals surface area contributed by atoms with Crippen LogP contribution >= 0.6 is 24.0 Å². The van der Waals surface area contributed by atoms with Crippen LogP contribution in [0.2, 0.25) is 0 Å². The van der Waals surface area contributed by atoms with Crippen LogP contribution in [0.25, 0.3) is 17.4 Å². The van der Waals surface area contributed by atoms with Crippen molar-refractivity contribution in [2.45, 2.75) is 6.18 Å². The molecule has 4 nitrogen and oxygen atoms in total. The Balaban J connectivity index is 1.61. The second-order valence-electron chi connectivity index (χ2n) is 7.17. The molecule has 0 unspecified atom stereocenters. The number of thiocarbonyl (C=S) groups is 1. The molecule has 9 heteroatoms. The first-order chi connectivity index (χ1) is 15.1. The molecule has 1 aliphatic rings. The molecule has 2 aromatic carbocycles. The van der Waals surface area contributed by atoms with E-state index in [0.29, 0.717) is 14.9 Å². The molecule has 0 saturated carbocycles. The number of hydrogen-bond acceptors (Lipinski definition) is 5. The highest BCUT2D eigenvalue weighted by molar-refractivity contribution is 8.27. The maximum absolute atomic E-state index is 13.3. The van der Waals surface area contributed by atoms with E-state index in [4.69, 9.17) is 16.6 Å². The van der Waals surface area contributed by atoms with Gasteiger partial charge in [-0.05, 0) is 42.5 Å². The van der Waals surface area contributed by atoms with Crippen LogP contribution in [0.5, 0.6) is 0 Å². The van der Waals surface area contributed by atoms with Crippen LogP contribution in [0.4, 0.5) is 24.5 Å². The van der Waals surface area contributed by atoms with Crippen LogP contribution in [0.3, 0.4) is 0 Å². The van der Waals surface area contributed by atoms with E-state index in [1.165, 1.54) is 41.3 Å². The van der Waals surface area contributed by atoms with Crippen molar-refractivity contribution in [3.63, 3.8) is 0 Å². The molecule has 3 aromatic rings. The molecule has 0 spiro atoms. The van der Waals surface area contributed by atoms with Crippen molar-refractivity contribution in [2.24, 2.45) is 0 Å². The Morgan fingerprint density at radius 3 is 2.38 bits per heavy atom. The first kappa shape index (κ1) is 22.2. The van der Waals surface area contributed by atoms with Gasteiger partial charge in [0.1, 0.15) is 11.5 Å². The lowest BCUT2D eigenvalue weighted by Crippen LogP contribution is -2.27. The molecular formula is C23H17F3N2O2S2. The molecule has 32 heavy (non-hydrogen) atoms. The third kappa shape index (κ3) is 4.31. The molecule has 2 heterocycles. The number of alkyl halides is 3. The topological polar surface area (TPSA) is 36.7 Å². The molecule has 0 N–H and O–H groups in total. The van der Waals surface area contributed by atoms with Gasteiger partial charge in [-0.25, -0.2) is 0 Å². The summed E-state index contributed by atoms with van der Waals surface area (Å²) in [7, 11) is 3.84. The van der Waals surface area contributed by atoms with Gasteiger partial charge in [0.15, 0.2) is 4.32 Å². The number of carbonyl (C=O) groups excluding carboxylic acids is 1. The average molecular weight is 475 g/mol. The van der Waals surface area contributed by atoms with E-state index in [0.717, 1.165) is 23.5 Å². The third-order valence-electron chi connectivity index (χ3n) is 4.82. The molecule has 0 aliphatic carbocycles. The third-order valence-corrected chi connectivity index (χ3v) is 6.12. The van der Waals surface area contributed by atoms with Gasteiger partial charge in [-0.2, -0.15) is 13.2 Å². The molecule has 1 fully saturated rings. The van der Waals surface area contributed by atoms with Crippen molar-refractivity contribution in [1.29, 1.82) is 0 Å². The van der Waals surface area contributed by atoms with Crippen LogP contribution in [0.1, 0.15) is 11.3 Å². The van der Waals surface area contributed by atoms with Crippen molar-refractivity contribution in [1.82, 2.24) is 0 Å². The van der Waals surface area contributed by atoms with Crippen molar-refractivity contribution < 1.29 is 22.4 Å². The van der Waals surface area contributed by atoms with Crippen LogP contribution in [0.15, 0.2) is 70.0 Å². The van der Waals surface area contributed by atoms with E-state index in [-0.39, 0.29) is 23.0 Å². The van der Waals surface area contributed by atoms with Crippen molar-refractivity contribution >= 4 is 51.7 Å². The second-order valence-corrected chi connectivity index (χ2v) is 8.85. The first-order valence-corrected chi connectivity index (χ1v) is 10.7. The number of carbonyl (C=O) groups is 1. The number of halogens is 3. The Morgan fingerprint density at radius 2 is 1.72 bits per heavy atom. The Labute approximate surface area is 192 Å². The molecule has 1 aromatic heterocycles. The maximum Gasteiger partial charge on any atom is 0.417 e. The van der Waals surface area contributed by atoms with Gasteiger partial charge < -0.3 is 9.32 Å². The molecule has 1 saturated heterocycles. The number of amides is 1. The number of furan rings is 1. The number of nitrogens with zero attached hydrogens (tertiary/aromatic N) is 2. The maximum atomic E-state index is 13.3. The number of anilines is 2. The van der Waals surface area contributed by atoms with Gasteiger partial charge in [-0.15, -0.1) is 0 Å². The van der Waals surface area contributed by atoms with Gasteiger partial charge in [0.05, 0.1) is 16.2 Å². The minimum Gasteiger partial charge on any atom is -0.457 e. The average Bonchev–Trinajstić information content (AvgIpc) is 3.32. The van der Waals surface area contributed by atoms with Crippen molar-refractivity contribution in [3.8, 4) is 11.3 Å². The van der Waals surface area contributed by atoms with Crippen LogP contribution < -0.4 is 9.80 Å². The number of rotatable bonds is 4. The summed E-state index contributed by atoms with van der Waals surface area (Å²) < 4.78 is 45.9. The predicted octanol–water partition coefficient (Wildman–Crippen LogP) is 6.44. The lowest BCUT2D eigenvalue weighted by Gasteiger charge is -2.17. The van der Waals surface area contributed by atoms with Crippen LogP contribution in [-0.4, -0.2) is 24.3 Å². The molecule has 4 rings (SSSR count). The highest BCUT2D eigenvalue weighted by atomic mass is 32.2. The lowest BCUT2D eigenvalue weighted by molar-refractivity contribution is -0.137. The lowest BCUT2D eigenvalue weighted by atomic mass is 10.1. The van der Waals surface area contributed by atoms with E-state index in [2.05, 4.69) is 0 Å². The minimum absolute atomic E-state index is 0.0619. The van der Waals surface area contributed by atoms with E-state index < -0.39 is 11.7 Å². The second kappa shape index (κ2) is 8.48. The Hall–Kier alpha value is -3.04. The van der Waals surface area contributed by atoms with E-state index >= 15 is 0 Å². The summed E-state index contributed by atoms with van der Waals surface area (Å²) in [5, 5.41) is 0. The SMILES string of the molecule is CN(C)c1ccc(N2C(=O)/C(=C\c3ccc(-c4ccccc4C(F)(F)F)o3)SC2=S)cc1. The zero-order valence-electron chi connectivity index (χ0n) is 17.0. The normalized spacial score (nSPS) is 15.7. The molecule has 0 atom stereocenters. The van der Waals surface area contributed by atoms with Gasteiger partial charge in [0.25, 0.3) is 5.91 Å². The summed E-state index contributed by atoms with van der Waals surface area (Å²) in [5.74, 6) is 0.0191. The fraction of sp³-hybridized carbons (Fsp3) is 0.130. The van der Waals surface area contributed by atoms with Crippen LogP contribution in [-0.2, 0) is 11.0 Å². The predicted molar refractivity (Wildman–Crippen MR) is 126 cm³/mol. The van der Waals surface area contributed by atoms with E-state index in [1.54, 1.807) is 0 Å². The molecule has 0 bridgehead atoms. The molecular weight excluding hydrogens is 457 g/mol. The van der Waals surface area contributed by atoms with Gasteiger partial charge in [-0.1, -0.05) is 42.2 Å². The van der Waals surface area contributed by atoms with Gasteiger partial charge in [-0.3, -0.25) is 9.69 Å². The molecule has 1 amide bonds. The molecule has 0 radical (unpaired) electrons. The number of hydrogen-bond donors (Lipinski definition) is 0. The summed E-state index contributed by atoms with van der Waals surface area (Å²) in [6, 6.07) is 15.6. The van der Waals surface area contributed by atoms with Crippen LogP contribution in [0, 0.1) is 0 Å². The molecule has 164 valence electrons. The Morgan fingerprint density at radius 1 is 1.03 bits per heavy atom. The fourth-order valence-corrected chi connectivity index (χ4v) is 4.52. The summed E-state index contributed by atoms with van der Waals surface area (Å²) in [4.78, 5) is 16.6. The highest BCUT2D eigenvalue weighted by Crippen LogP contribution is 2.39. The van der Waals surface area contributed by atoms with Crippen molar-refractivity contribution in [2.75, 3.05) is 23.9 Å². The van der Waals surface area contributed by atoms with Gasteiger partial charge in [0, 0.05) is 31.4 Å². The molecule has 1 aliphatic heterocycles. The standard InChI is InChI=1S/C23H17F3N2O2S2/c1-27(2)14-7-9-15(10-8-14)28-21(29)20(32-22(28)31)13-16-11-12-19(30-16)17-5-3-4-6-18(17)23(24,25)26/h3-13H,1-2H3/b20-13+. The summed E-state index contributed by atoms with van der Waals surface area (Å²) >= 11 is 6.49. The number of thioether (sulfide) groups is 1. The summed E-state index contributed by atoms with van der Waals surface area (Å²) in [5.41, 5.74) is 0.777. The van der Waals surface area contributed by atoms with E-state index in [1.807, 2.05) is 43.3 Å². The van der Waals surface area contributed by atoms with Gasteiger partial charge in [0.2, 0.25) is 0 Å². The monoisotopic (exact) mass is 474 g/mol. The van der Waals surface area contributed by atoms with Crippen molar-refractivity contribution in [3.05, 3.63) is 76.9 Å². The largest absolute Gasteiger partial charge is 0.457 e.